The molecule has 0 spiro atoms. The first-order valence-corrected chi connectivity index (χ1v) is 6.84. The van der Waals surface area contributed by atoms with Gasteiger partial charge in [0.1, 0.15) is 5.54 Å². The van der Waals surface area contributed by atoms with E-state index < -0.39 is 5.54 Å². The van der Waals surface area contributed by atoms with Gasteiger partial charge in [0.15, 0.2) is 0 Å². The minimum Gasteiger partial charge on any atom is -0.360 e. The monoisotopic (exact) mass is 271 g/mol. The topological polar surface area (TPSA) is 53.0 Å². The molecule has 1 saturated carbocycles. The molecule has 5 nitrogen and oxygen atoms in total. The van der Waals surface area contributed by atoms with Crippen molar-refractivity contribution in [2.75, 3.05) is 31.6 Å². The van der Waals surface area contributed by atoms with Gasteiger partial charge in [-0.15, -0.1) is 0 Å². The Morgan fingerprint density at radius 1 is 1.25 bits per heavy atom. The van der Waals surface area contributed by atoms with E-state index in [2.05, 4.69) is 9.89 Å². The summed E-state index contributed by atoms with van der Waals surface area (Å²) in [7, 11) is 1.82. The zero-order chi connectivity index (χ0) is 14.2. The third-order valence-corrected chi connectivity index (χ3v) is 4.19. The van der Waals surface area contributed by atoms with Gasteiger partial charge in [0.25, 0.3) is 0 Å². The van der Waals surface area contributed by atoms with Crippen molar-refractivity contribution in [3.05, 3.63) is 29.8 Å². The maximum atomic E-state index is 11.9. The van der Waals surface area contributed by atoms with Crippen LogP contribution in [0, 0.1) is 0 Å². The molecule has 2 fully saturated rings. The zero-order valence-corrected chi connectivity index (χ0v) is 11.5. The SMILES string of the molecule is CN1CCN(c2ccccc2C2(N=C=O)CC2)CC1=O. The number of benzene rings is 1. The molecule has 104 valence electrons. The largest absolute Gasteiger partial charge is 0.360 e. The van der Waals surface area contributed by atoms with Crippen LogP contribution in [0.25, 0.3) is 0 Å². The number of piperazine rings is 1. The highest BCUT2D eigenvalue weighted by atomic mass is 16.2. The summed E-state index contributed by atoms with van der Waals surface area (Å²) in [5, 5.41) is 0. The van der Waals surface area contributed by atoms with Gasteiger partial charge in [-0.1, -0.05) is 18.2 Å². The van der Waals surface area contributed by atoms with Crippen LogP contribution in [0.1, 0.15) is 18.4 Å². The van der Waals surface area contributed by atoms with Crippen molar-refractivity contribution in [1.82, 2.24) is 4.90 Å². The Bertz CT molecular complexity index is 589. The fourth-order valence-electron chi connectivity index (χ4n) is 2.75. The van der Waals surface area contributed by atoms with Gasteiger partial charge in [0.05, 0.1) is 6.54 Å². The van der Waals surface area contributed by atoms with E-state index in [1.165, 1.54) is 0 Å². The highest BCUT2D eigenvalue weighted by Crippen LogP contribution is 2.52. The van der Waals surface area contributed by atoms with Crippen LogP contribution in [0.15, 0.2) is 29.3 Å². The first-order chi connectivity index (χ1) is 9.66. The van der Waals surface area contributed by atoms with Gasteiger partial charge in [-0.05, 0) is 18.9 Å². The molecule has 0 bridgehead atoms. The van der Waals surface area contributed by atoms with Crippen LogP contribution in [-0.4, -0.2) is 43.6 Å². The summed E-state index contributed by atoms with van der Waals surface area (Å²) < 4.78 is 0. The molecule has 1 saturated heterocycles. The Labute approximate surface area is 117 Å². The molecule has 1 aliphatic heterocycles. The minimum atomic E-state index is -0.398. The second kappa shape index (κ2) is 4.76. The van der Waals surface area contributed by atoms with Crippen LogP contribution in [0.3, 0.4) is 0 Å². The van der Waals surface area contributed by atoms with Crippen molar-refractivity contribution >= 4 is 17.7 Å². The van der Waals surface area contributed by atoms with E-state index in [1.807, 2.05) is 31.3 Å². The number of rotatable bonds is 3. The number of likely N-dealkylation sites (N-methyl/N-ethyl adjacent to an activating group) is 1. The maximum Gasteiger partial charge on any atom is 0.241 e. The van der Waals surface area contributed by atoms with Crippen LogP contribution in [0.2, 0.25) is 0 Å². The number of para-hydroxylation sites is 1. The Morgan fingerprint density at radius 3 is 2.65 bits per heavy atom. The van der Waals surface area contributed by atoms with Gasteiger partial charge >= 0.3 is 0 Å². The molecule has 0 unspecified atom stereocenters. The fraction of sp³-hybridized carbons (Fsp3) is 0.467. The van der Waals surface area contributed by atoms with Crippen molar-refractivity contribution in [1.29, 1.82) is 0 Å². The van der Waals surface area contributed by atoms with Gasteiger partial charge in [-0.2, -0.15) is 4.99 Å². The smallest absolute Gasteiger partial charge is 0.241 e. The summed E-state index contributed by atoms with van der Waals surface area (Å²) in [6.45, 7) is 1.91. The maximum absolute atomic E-state index is 11.9. The second-order valence-corrected chi connectivity index (χ2v) is 5.49. The minimum absolute atomic E-state index is 0.120. The van der Waals surface area contributed by atoms with E-state index in [0.29, 0.717) is 6.54 Å². The van der Waals surface area contributed by atoms with E-state index in [-0.39, 0.29) is 5.91 Å². The number of isocyanates is 1. The molecule has 3 rings (SSSR count). The molecule has 2 aliphatic rings. The lowest BCUT2D eigenvalue weighted by Gasteiger charge is -2.35. The van der Waals surface area contributed by atoms with Crippen LogP contribution in [-0.2, 0) is 15.1 Å². The summed E-state index contributed by atoms with van der Waals surface area (Å²) in [5.41, 5.74) is 1.66. The molecule has 20 heavy (non-hydrogen) atoms. The number of hydrogen-bond acceptors (Lipinski definition) is 4. The predicted molar refractivity (Wildman–Crippen MR) is 75.3 cm³/mol. The van der Waals surface area contributed by atoms with E-state index in [9.17, 15) is 9.59 Å². The third-order valence-electron chi connectivity index (χ3n) is 4.19. The van der Waals surface area contributed by atoms with Crippen LogP contribution in [0.4, 0.5) is 5.69 Å². The molecule has 1 aliphatic carbocycles. The number of aliphatic imine (C=N–C) groups is 1. The number of anilines is 1. The first-order valence-electron chi connectivity index (χ1n) is 6.84. The normalized spacial score (nSPS) is 20.6. The van der Waals surface area contributed by atoms with E-state index in [4.69, 9.17) is 0 Å². The summed E-state index contributed by atoms with van der Waals surface area (Å²) in [4.78, 5) is 30.4. The number of amides is 1. The van der Waals surface area contributed by atoms with Crippen molar-refractivity contribution < 1.29 is 9.59 Å². The lowest BCUT2D eigenvalue weighted by molar-refractivity contribution is -0.129. The molecule has 0 aromatic heterocycles. The zero-order valence-electron chi connectivity index (χ0n) is 11.5. The summed E-state index contributed by atoms with van der Waals surface area (Å²) in [6.07, 6.45) is 3.45. The van der Waals surface area contributed by atoms with Crippen molar-refractivity contribution in [3.8, 4) is 0 Å². The molecule has 1 aromatic carbocycles. The Kier molecular flexibility index (Phi) is 3.07. The quantitative estimate of drug-likeness (QED) is 0.615. The van der Waals surface area contributed by atoms with Gasteiger partial charge in [0.2, 0.25) is 12.0 Å². The number of nitrogens with zero attached hydrogens (tertiary/aromatic N) is 3. The molecule has 0 radical (unpaired) electrons. The van der Waals surface area contributed by atoms with Gasteiger partial charge in [-0.25, -0.2) is 4.79 Å². The number of carbonyl (C=O) groups is 1. The second-order valence-electron chi connectivity index (χ2n) is 5.49. The van der Waals surface area contributed by atoms with E-state index in [0.717, 1.165) is 37.2 Å². The summed E-state index contributed by atoms with van der Waals surface area (Å²) in [6, 6.07) is 7.93. The van der Waals surface area contributed by atoms with Gasteiger partial charge in [-0.3, -0.25) is 4.79 Å². The first kappa shape index (κ1) is 12.9. The Morgan fingerprint density at radius 2 is 2.00 bits per heavy atom. The molecule has 0 N–H and O–H groups in total. The van der Waals surface area contributed by atoms with E-state index >= 15 is 0 Å². The Hall–Kier alpha value is -2.13. The van der Waals surface area contributed by atoms with Crippen LogP contribution in [0.5, 0.6) is 0 Å². The highest BCUT2D eigenvalue weighted by molar-refractivity contribution is 5.83. The number of carbonyl (C=O) groups excluding carboxylic acids is 2. The van der Waals surface area contributed by atoms with Crippen molar-refractivity contribution in [2.24, 2.45) is 4.99 Å². The summed E-state index contributed by atoms with van der Waals surface area (Å²) >= 11 is 0. The molecule has 5 heteroatoms. The van der Waals surface area contributed by atoms with Crippen LogP contribution >= 0.6 is 0 Å². The molecule has 1 aromatic rings. The number of hydrogen-bond donors (Lipinski definition) is 0. The molecular weight excluding hydrogens is 254 g/mol. The lowest BCUT2D eigenvalue weighted by atomic mass is 10.0. The van der Waals surface area contributed by atoms with E-state index in [1.54, 1.807) is 11.0 Å². The van der Waals surface area contributed by atoms with Gasteiger partial charge < -0.3 is 9.80 Å². The van der Waals surface area contributed by atoms with Crippen molar-refractivity contribution in [2.45, 2.75) is 18.4 Å². The molecule has 0 atom stereocenters. The molecule has 1 amide bonds. The standard InChI is InChI=1S/C15H17N3O2/c1-17-8-9-18(10-14(17)20)13-5-3-2-4-12(13)15(6-7-15)16-11-19/h2-5H,6-10H2,1H3. The lowest BCUT2D eigenvalue weighted by Crippen LogP contribution is -2.49. The Balaban J connectivity index is 1.95. The van der Waals surface area contributed by atoms with Crippen molar-refractivity contribution in [3.63, 3.8) is 0 Å². The average Bonchev–Trinajstić information content (AvgIpc) is 3.23. The summed E-state index contributed by atoms with van der Waals surface area (Å²) in [5.74, 6) is 0.120. The fourth-order valence-corrected chi connectivity index (χ4v) is 2.75. The van der Waals surface area contributed by atoms with Crippen LogP contribution < -0.4 is 4.90 Å². The molecule has 1 heterocycles. The molecular formula is C15H17N3O2. The predicted octanol–water partition coefficient (Wildman–Crippen LogP) is 1.29. The third kappa shape index (κ3) is 2.10. The van der Waals surface area contributed by atoms with Gasteiger partial charge in [0, 0.05) is 31.4 Å². The highest BCUT2D eigenvalue weighted by Gasteiger charge is 2.47. The average molecular weight is 271 g/mol.